The van der Waals surface area contributed by atoms with E-state index in [1.54, 1.807) is 20.8 Å². The highest BCUT2D eigenvalue weighted by atomic mass is 19.1. The van der Waals surface area contributed by atoms with Gasteiger partial charge >= 0.3 is 18.2 Å². The Balaban J connectivity index is 3.11. The van der Waals surface area contributed by atoms with E-state index in [-0.39, 0.29) is 31.9 Å². The molecule has 0 heterocycles. The van der Waals surface area contributed by atoms with Crippen molar-refractivity contribution in [3.8, 4) is 0 Å². The van der Waals surface area contributed by atoms with E-state index in [2.05, 4.69) is 5.43 Å². The van der Waals surface area contributed by atoms with Crippen LogP contribution in [0, 0.1) is 5.82 Å². The maximum Gasteiger partial charge on any atom is 0.429 e. The molecule has 0 spiro atoms. The molecule has 0 aromatic heterocycles. The molecular formula is C18H23FN2O6. The smallest absolute Gasteiger partial charge is 0.429 e. The number of hydrogen-bond donors (Lipinski definition) is 1. The van der Waals surface area contributed by atoms with E-state index in [9.17, 15) is 18.8 Å². The van der Waals surface area contributed by atoms with Gasteiger partial charge in [-0.05, 0) is 44.5 Å². The Hall–Kier alpha value is -3.10. The van der Waals surface area contributed by atoms with E-state index in [0.717, 1.165) is 5.01 Å². The summed E-state index contributed by atoms with van der Waals surface area (Å²) in [6.45, 7) is 4.77. The molecule has 8 nitrogen and oxygen atoms in total. The van der Waals surface area contributed by atoms with E-state index < -0.39 is 24.0 Å². The number of carbonyl (C=O) groups excluding carboxylic acids is 3. The fraction of sp³-hybridized carbons (Fsp3) is 0.389. The van der Waals surface area contributed by atoms with Crippen molar-refractivity contribution in [1.29, 1.82) is 0 Å². The number of carbonyl (C=O) groups is 3. The molecular weight excluding hydrogens is 359 g/mol. The predicted octanol–water partition coefficient (Wildman–Crippen LogP) is 2.89. The van der Waals surface area contributed by atoms with Gasteiger partial charge in [0.15, 0.2) is 0 Å². The second-order valence-corrected chi connectivity index (χ2v) is 5.06. The third-order valence-corrected chi connectivity index (χ3v) is 3.07. The van der Waals surface area contributed by atoms with Gasteiger partial charge in [-0.15, -0.1) is 0 Å². The molecule has 0 aliphatic rings. The number of nitrogens with one attached hydrogen (secondary N) is 1. The van der Waals surface area contributed by atoms with Crippen LogP contribution < -0.4 is 5.43 Å². The van der Waals surface area contributed by atoms with E-state index in [1.807, 2.05) is 0 Å². The number of ether oxygens (including phenoxy) is 3. The number of esters is 1. The van der Waals surface area contributed by atoms with Crippen molar-refractivity contribution in [3.63, 3.8) is 0 Å². The lowest BCUT2D eigenvalue weighted by molar-refractivity contribution is -0.138. The molecule has 1 rings (SSSR count). The van der Waals surface area contributed by atoms with Crippen molar-refractivity contribution in [2.75, 3.05) is 26.4 Å². The Morgan fingerprint density at radius 2 is 1.59 bits per heavy atom. The molecule has 2 amide bonds. The van der Waals surface area contributed by atoms with Gasteiger partial charge in [-0.3, -0.25) is 0 Å². The maximum absolute atomic E-state index is 13.1. The van der Waals surface area contributed by atoms with Crippen LogP contribution in [0.1, 0.15) is 26.3 Å². The molecule has 0 bridgehead atoms. The fourth-order valence-corrected chi connectivity index (χ4v) is 1.95. The average molecular weight is 382 g/mol. The van der Waals surface area contributed by atoms with Crippen molar-refractivity contribution in [2.24, 2.45) is 0 Å². The summed E-state index contributed by atoms with van der Waals surface area (Å²) in [5, 5.41) is 0.799. The van der Waals surface area contributed by atoms with Crippen molar-refractivity contribution >= 4 is 24.2 Å². The van der Waals surface area contributed by atoms with Crippen LogP contribution in [-0.2, 0) is 19.0 Å². The summed E-state index contributed by atoms with van der Waals surface area (Å²) >= 11 is 0. The van der Waals surface area contributed by atoms with Crippen molar-refractivity contribution in [3.05, 3.63) is 41.2 Å². The molecule has 0 saturated heterocycles. The van der Waals surface area contributed by atoms with Gasteiger partial charge < -0.3 is 14.2 Å². The number of nitrogens with zero attached hydrogens (tertiary/aromatic N) is 1. The number of rotatable bonds is 7. The molecule has 1 aromatic rings. The quantitative estimate of drug-likeness (QED) is 0.337. The number of halogens is 1. The first-order valence-electron chi connectivity index (χ1n) is 8.42. The molecule has 0 fully saturated rings. The predicted molar refractivity (Wildman–Crippen MR) is 94.9 cm³/mol. The fourth-order valence-electron chi connectivity index (χ4n) is 1.95. The lowest BCUT2D eigenvalue weighted by atomic mass is 10.1. The van der Waals surface area contributed by atoms with Crippen LogP contribution >= 0.6 is 0 Å². The minimum Gasteiger partial charge on any atom is -0.463 e. The Bertz CT molecular complexity index is 675. The maximum atomic E-state index is 13.1. The van der Waals surface area contributed by atoms with Gasteiger partial charge in [-0.25, -0.2) is 29.2 Å². The second-order valence-electron chi connectivity index (χ2n) is 5.06. The summed E-state index contributed by atoms with van der Waals surface area (Å²) in [6, 6.07) is 5.38. The largest absolute Gasteiger partial charge is 0.463 e. The third-order valence-electron chi connectivity index (χ3n) is 3.07. The molecule has 0 radical (unpaired) electrons. The summed E-state index contributed by atoms with van der Waals surface area (Å²) in [7, 11) is 0. The number of amides is 2. The minimum absolute atomic E-state index is 0.0494. The van der Waals surface area contributed by atoms with E-state index >= 15 is 0 Å². The molecule has 9 heteroatoms. The number of hydrogen-bond acceptors (Lipinski definition) is 6. The van der Waals surface area contributed by atoms with Crippen LogP contribution in [0.3, 0.4) is 0 Å². The first-order valence-corrected chi connectivity index (χ1v) is 8.42. The highest BCUT2D eigenvalue weighted by molar-refractivity contribution is 5.94. The monoisotopic (exact) mass is 382 g/mol. The molecule has 1 N–H and O–H groups in total. The molecule has 0 aliphatic carbocycles. The van der Waals surface area contributed by atoms with Crippen LogP contribution in [-0.4, -0.2) is 49.5 Å². The Kier molecular flexibility index (Phi) is 9.35. The second kappa shape index (κ2) is 11.5. The van der Waals surface area contributed by atoms with Gasteiger partial charge in [0.05, 0.1) is 31.9 Å². The lowest BCUT2D eigenvalue weighted by Crippen LogP contribution is -2.48. The third kappa shape index (κ3) is 7.76. The van der Waals surface area contributed by atoms with Crippen molar-refractivity contribution < 1.29 is 33.0 Å². The van der Waals surface area contributed by atoms with Gasteiger partial charge in [0.25, 0.3) is 0 Å². The normalized spacial score (nSPS) is 10.7. The molecule has 148 valence electrons. The molecule has 0 aliphatic heterocycles. The Labute approximate surface area is 156 Å². The van der Waals surface area contributed by atoms with Gasteiger partial charge in [-0.2, -0.15) is 0 Å². The standard InChI is InChI=1S/C18H23FN2O6/c1-4-25-16(22)14(11-13-7-9-15(19)10-8-13)12-21(18(24)27-6-3)20-17(23)26-5-2/h7-11H,4-6,12H2,1-3H3,(H,20,23)/b14-11-. The zero-order chi connectivity index (χ0) is 20.2. The summed E-state index contributed by atoms with van der Waals surface area (Å²) in [6.07, 6.45) is -0.327. The van der Waals surface area contributed by atoms with E-state index in [1.165, 1.54) is 30.3 Å². The van der Waals surface area contributed by atoms with Gasteiger partial charge in [0.2, 0.25) is 0 Å². The van der Waals surface area contributed by atoms with Gasteiger partial charge in [0.1, 0.15) is 5.82 Å². The molecule has 1 aromatic carbocycles. The summed E-state index contributed by atoms with van der Waals surface area (Å²) in [5.41, 5.74) is 2.78. The molecule has 0 atom stereocenters. The van der Waals surface area contributed by atoms with E-state index in [0.29, 0.717) is 5.56 Å². The van der Waals surface area contributed by atoms with Crippen molar-refractivity contribution in [1.82, 2.24) is 10.4 Å². The Morgan fingerprint density at radius 1 is 1.00 bits per heavy atom. The van der Waals surface area contributed by atoms with Crippen LogP contribution in [0.25, 0.3) is 6.08 Å². The molecule has 0 saturated carbocycles. The topological polar surface area (TPSA) is 94.2 Å². The molecule has 27 heavy (non-hydrogen) atoms. The number of hydrazine groups is 1. The van der Waals surface area contributed by atoms with Crippen LogP contribution in [0.15, 0.2) is 29.8 Å². The van der Waals surface area contributed by atoms with Crippen LogP contribution in [0.5, 0.6) is 0 Å². The minimum atomic E-state index is -0.879. The highest BCUT2D eigenvalue weighted by Crippen LogP contribution is 2.12. The summed E-state index contributed by atoms with van der Waals surface area (Å²) < 4.78 is 27.7. The summed E-state index contributed by atoms with van der Waals surface area (Å²) in [4.78, 5) is 36.0. The van der Waals surface area contributed by atoms with E-state index in [4.69, 9.17) is 14.2 Å². The highest BCUT2D eigenvalue weighted by Gasteiger charge is 2.23. The zero-order valence-corrected chi connectivity index (χ0v) is 15.5. The zero-order valence-electron chi connectivity index (χ0n) is 15.5. The van der Waals surface area contributed by atoms with Crippen LogP contribution in [0.4, 0.5) is 14.0 Å². The van der Waals surface area contributed by atoms with Gasteiger partial charge in [-0.1, -0.05) is 12.1 Å². The lowest BCUT2D eigenvalue weighted by Gasteiger charge is -2.22. The number of benzene rings is 1. The first kappa shape index (κ1) is 21.9. The molecule has 0 unspecified atom stereocenters. The van der Waals surface area contributed by atoms with Crippen molar-refractivity contribution in [2.45, 2.75) is 20.8 Å². The first-order chi connectivity index (χ1) is 12.9. The van der Waals surface area contributed by atoms with Gasteiger partial charge in [0, 0.05) is 0 Å². The Morgan fingerprint density at radius 3 is 2.15 bits per heavy atom. The average Bonchev–Trinajstić information content (AvgIpc) is 2.62. The summed E-state index contributed by atoms with van der Waals surface area (Å²) in [5.74, 6) is -1.12. The SMILES string of the molecule is CCOC(=O)NN(C/C(=C/c1ccc(F)cc1)C(=O)OCC)C(=O)OCC. The van der Waals surface area contributed by atoms with Crippen LogP contribution in [0.2, 0.25) is 0 Å².